The van der Waals surface area contributed by atoms with Gasteiger partial charge in [0.2, 0.25) is 0 Å². The lowest BCUT2D eigenvalue weighted by Crippen LogP contribution is -2.27. The fourth-order valence-electron chi connectivity index (χ4n) is 2.50. The Balaban J connectivity index is 1.70. The number of rotatable bonds is 6. The first kappa shape index (κ1) is 18.6. The maximum Gasteiger partial charge on any atom is 0.264 e. The van der Waals surface area contributed by atoms with Gasteiger partial charge >= 0.3 is 0 Å². The van der Waals surface area contributed by atoms with Gasteiger partial charge < -0.3 is 5.32 Å². The van der Waals surface area contributed by atoms with Gasteiger partial charge in [-0.2, -0.15) is 0 Å². The topological polar surface area (TPSA) is 79.4 Å². The Hall–Kier alpha value is -3.19. The van der Waals surface area contributed by atoms with Crippen molar-refractivity contribution in [2.45, 2.75) is 11.4 Å². The zero-order valence-corrected chi connectivity index (χ0v) is 15.6. The third kappa shape index (κ3) is 4.32. The number of hydrogen-bond donors (Lipinski definition) is 1. The van der Waals surface area contributed by atoms with E-state index in [1.54, 1.807) is 73.1 Å². The molecular weight excluding hydrogens is 362 g/mol. The summed E-state index contributed by atoms with van der Waals surface area (Å²) in [6.07, 6.45) is 3.36. The summed E-state index contributed by atoms with van der Waals surface area (Å²) in [5.41, 5.74) is 1.83. The second-order valence-corrected chi connectivity index (χ2v) is 7.85. The first-order valence-electron chi connectivity index (χ1n) is 8.29. The minimum atomic E-state index is -3.65. The zero-order valence-electron chi connectivity index (χ0n) is 14.7. The number of nitrogens with one attached hydrogen (secondary N) is 1. The van der Waals surface area contributed by atoms with Gasteiger partial charge in [-0.1, -0.05) is 24.3 Å². The molecule has 6 nitrogen and oxygen atoms in total. The van der Waals surface area contributed by atoms with Gasteiger partial charge in [-0.15, -0.1) is 0 Å². The van der Waals surface area contributed by atoms with Crippen molar-refractivity contribution in [2.75, 3.05) is 11.4 Å². The molecule has 0 radical (unpaired) electrons. The molecule has 0 atom stereocenters. The minimum Gasteiger partial charge on any atom is -0.348 e. The lowest BCUT2D eigenvalue weighted by atomic mass is 10.2. The third-order valence-corrected chi connectivity index (χ3v) is 5.87. The van der Waals surface area contributed by atoms with Crippen molar-refractivity contribution in [1.29, 1.82) is 0 Å². The van der Waals surface area contributed by atoms with E-state index in [-0.39, 0.29) is 10.8 Å². The second-order valence-electron chi connectivity index (χ2n) is 5.88. The molecule has 3 rings (SSSR count). The Morgan fingerprint density at radius 2 is 1.70 bits per heavy atom. The quantitative estimate of drug-likeness (QED) is 0.712. The number of benzene rings is 2. The van der Waals surface area contributed by atoms with Crippen LogP contribution < -0.4 is 9.62 Å². The molecule has 1 aromatic heterocycles. The normalized spacial score (nSPS) is 11.0. The Morgan fingerprint density at radius 3 is 2.33 bits per heavy atom. The molecule has 138 valence electrons. The molecule has 7 heteroatoms. The van der Waals surface area contributed by atoms with Gasteiger partial charge in [0, 0.05) is 31.5 Å². The average molecular weight is 381 g/mol. The maximum absolute atomic E-state index is 12.7. The molecule has 0 bridgehead atoms. The standard InChI is InChI=1S/C20H19N3O3S/c1-23(27(25,26)19-7-3-2-4-8-19)18-11-9-17(10-12-18)20(24)22-15-16-6-5-13-21-14-16/h2-14H,15H2,1H3,(H,22,24). The molecule has 0 spiro atoms. The first-order valence-corrected chi connectivity index (χ1v) is 9.73. The summed E-state index contributed by atoms with van der Waals surface area (Å²) in [7, 11) is -2.16. The Kier molecular flexibility index (Phi) is 5.52. The van der Waals surface area contributed by atoms with Crippen LogP contribution in [0.1, 0.15) is 15.9 Å². The summed E-state index contributed by atoms with van der Waals surface area (Å²) >= 11 is 0. The molecule has 0 aliphatic heterocycles. The van der Waals surface area contributed by atoms with Crippen molar-refractivity contribution in [1.82, 2.24) is 10.3 Å². The molecule has 0 unspecified atom stereocenters. The average Bonchev–Trinajstić information content (AvgIpc) is 2.73. The highest BCUT2D eigenvalue weighted by Gasteiger charge is 2.21. The van der Waals surface area contributed by atoms with Crippen LogP contribution in [-0.2, 0) is 16.6 Å². The van der Waals surface area contributed by atoms with Gasteiger partial charge in [0.25, 0.3) is 15.9 Å². The molecule has 0 aliphatic rings. The number of nitrogens with zero attached hydrogens (tertiary/aromatic N) is 2. The van der Waals surface area contributed by atoms with E-state index in [1.807, 2.05) is 6.07 Å². The van der Waals surface area contributed by atoms with Gasteiger partial charge in [-0.3, -0.25) is 14.1 Å². The van der Waals surface area contributed by atoms with Crippen LogP contribution in [0, 0.1) is 0 Å². The van der Waals surface area contributed by atoms with Crippen LogP contribution >= 0.6 is 0 Å². The number of aromatic nitrogens is 1. The molecule has 2 aromatic carbocycles. The van der Waals surface area contributed by atoms with Crippen LogP contribution in [0.5, 0.6) is 0 Å². The van der Waals surface area contributed by atoms with E-state index in [1.165, 1.54) is 11.4 Å². The highest BCUT2D eigenvalue weighted by molar-refractivity contribution is 7.92. The number of pyridine rings is 1. The fourth-order valence-corrected chi connectivity index (χ4v) is 3.72. The molecule has 27 heavy (non-hydrogen) atoms. The first-order chi connectivity index (χ1) is 13.0. The van der Waals surface area contributed by atoms with Crippen molar-refractivity contribution in [2.24, 2.45) is 0 Å². The number of amides is 1. The molecule has 0 fully saturated rings. The van der Waals surface area contributed by atoms with E-state index in [2.05, 4.69) is 10.3 Å². The van der Waals surface area contributed by atoms with E-state index in [0.717, 1.165) is 5.56 Å². The molecule has 0 saturated heterocycles. The van der Waals surface area contributed by atoms with Crippen molar-refractivity contribution < 1.29 is 13.2 Å². The highest BCUT2D eigenvalue weighted by Crippen LogP contribution is 2.22. The second kappa shape index (κ2) is 8.01. The molecule has 1 N–H and O–H groups in total. The summed E-state index contributed by atoms with van der Waals surface area (Å²) in [5.74, 6) is -0.237. The molecular formula is C20H19N3O3S. The van der Waals surface area contributed by atoms with Gasteiger partial charge in [0.05, 0.1) is 10.6 Å². The minimum absolute atomic E-state index is 0.214. The predicted molar refractivity (Wildman–Crippen MR) is 104 cm³/mol. The van der Waals surface area contributed by atoms with Gasteiger partial charge in [-0.05, 0) is 48.0 Å². The van der Waals surface area contributed by atoms with Gasteiger partial charge in [-0.25, -0.2) is 8.42 Å². The van der Waals surface area contributed by atoms with E-state index in [4.69, 9.17) is 0 Å². The van der Waals surface area contributed by atoms with Crippen LogP contribution in [0.3, 0.4) is 0 Å². The van der Waals surface area contributed by atoms with Crippen LogP contribution in [0.15, 0.2) is 84.0 Å². The predicted octanol–water partition coefficient (Wildman–Crippen LogP) is 2.84. The molecule has 0 saturated carbocycles. The Morgan fingerprint density at radius 1 is 1.00 bits per heavy atom. The number of anilines is 1. The summed E-state index contributed by atoms with van der Waals surface area (Å²) in [5, 5.41) is 2.81. The van der Waals surface area contributed by atoms with E-state index in [0.29, 0.717) is 17.8 Å². The van der Waals surface area contributed by atoms with Crippen molar-refractivity contribution >= 4 is 21.6 Å². The third-order valence-electron chi connectivity index (χ3n) is 4.07. The number of hydrogen-bond acceptors (Lipinski definition) is 4. The summed E-state index contributed by atoms with van der Waals surface area (Å²) in [6, 6.07) is 18.3. The molecule has 3 aromatic rings. The van der Waals surface area contributed by atoms with E-state index < -0.39 is 10.0 Å². The zero-order chi connectivity index (χ0) is 19.3. The Labute approximate surface area is 158 Å². The molecule has 0 aliphatic carbocycles. The van der Waals surface area contributed by atoms with Crippen LogP contribution in [0.4, 0.5) is 5.69 Å². The van der Waals surface area contributed by atoms with Crippen LogP contribution in [0.2, 0.25) is 0 Å². The van der Waals surface area contributed by atoms with Gasteiger partial charge in [0.1, 0.15) is 0 Å². The summed E-state index contributed by atoms with van der Waals surface area (Å²) in [4.78, 5) is 16.5. The van der Waals surface area contributed by atoms with Crippen molar-refractivity contribution in [3.05, 3.63) is 90.3 Å². The maximum atomic E-state index is 12.7. The number of carbonyl (C=O) groups excluding carboxylic acids is 1. The fraction of sp³-hybridized carbons (Fsp3) is 0.100. The number of sulfonamides is 1. The molecule has 1 amide bonds. The lowest BCUT2D eigenvalue weighted by Gasteiger charge is -2.19. The van der Waals surface area contributed by atoms with Crippen molar-refractivity contribution in [3.8, 4) is 0 Å². The summed E-state index contributed by atoms with van der Waals surface area (Å²) in [6.45, 7) is 0.372. The largest absolute Gasteiger partial charge is 0.348 e. The van der Waals surface area contributed by atoms with Crippen molar-refractivity contribution in [3.63, 3.8) is 0 Å². The van der Waals surface area contributed by atoms with Gasteiger partial charge in [0.15, 0.2) is 0 Å². The monoisotopic (exact) mass is 381 g/mol. The highest BCUT2D eigenvalue weighted by atomic mass is 32.2. The molecule has 1 heterocycles. The Bertz CT molecular complexity index is 1010. The summed E-state index contributed by atoms with van der Waals surface area (Å²) < 4.78 is 26.5. The van der Waals surface area contributed by atoms with Crippen LogP contribution in [-0.4, -0.2) is 26.4 Å². The van der Waals surface area contributed by atoms with Crippen LogP contribution in [0.25, 0.3) is 0 Å². The number of carbonyl (C=O) groups is 1. The van der Waals surface area contributed by atoms with E-state index in [9.17, 15) is 13.2 Å². The smallest absolute Gasteiger partial charge is 0.264 e. The lowest BCUT2D eigenvalue weighted by molar-refractivity contribution is 0.0951. The van der Waals surface area contributed by atoms with E-state index >= 15 is 0 Å². The SMILES string of the molecule is CN(c1ccc(C(=O)NCc2cccnc2)cc1)S(=O)(=O)c1ccccc1.